The number of hydrogen-bond acceptors (Lipinski definition) is 3. The lowest BCUT2D eigenvalue weighted by atomic mass is 10.2. The average Bonchev–Trinajstić information content (AvgIpc) is 2.46. The Hall–Kier alpha value is -1.07. The fourth-order valence-electron chi connectivity index (χ4n) is 2.00. The van der Waals surface area contributed by atoms with E-state index in [9.17, 15) is 4.79 Å². The van der Waals surface area contributed by atoms with E-state index in [2.05, 4.69) is 26.1 Å². The van der Waals surface area contributed by atoms with E-state index in [-0.39, 0.29) is 5.91 Å². The van der Waals surface area contributed by atoms with Crippen LogP contribution in [0.2, 0.25) is 0 Å². The van der Waals surface area contributed by atoms with Gasteiger partial charge < -0.3 is 16.0 Å². The van der Waals surface area contributed by atoms with E-state index in [0.29, 0.717) is 13.0 Å². The Kier molecular flexibility index (Phi) is 4.02. The molecule has 2 rings (SSSR count). The number of benzene rings is 1. The molecule has 0 spiro atoms. The van der Waals surface area contributed by atoms with Crippen molar-refractivity contribution in [3.63, 3.8) is 0 Å². The van der Waals surface area contributed by atoms with Crippen molar-refractivity contribution in [3.05, 3.63) is 22.7 Å². The lowest BCUT2D eigenvalue weighted by Gasteiger charge is -2.25. The molecule has 5 heteroatoms. The molecule has 92 valence electrons. The number of carbonyl (C=O) groups excluding carboxylic acids is 1. The zero-order valence-electron chi connectivity index (χ0n) is 9.58. The molecule has 17 heavy (non-hydrogen) atoms. The van der Waals surface area contributed by atoms with Crippen LogP contribution in [0.1, 0.15) is 12.8 Å². The number of amides is 1. The number of anilines is 2. The summed E-state index contributed by atoms with van der Waals surface area (Å²) in [6, 6.07) is 5.85. The fourth-order valence-corrected chi connectivity index (χ4v) is 2.62. The number of carbonyl (C=O) groups is 1. The van der Waals surface area contributed by atoms with E-state index >= 15 is 0 Å². The molecule has 1 aromatic rings. The molecule has 4 nitrogen and oxygen atoms in total. The smallest absolute Gasteiger partial charge is 0.226 e. The highest BCUT2D eigenvalue weighted by Crippen LogP contribution is 2.35. The van der Waals surface area contributed by atoms with E-state index in [1.54, 1.807) is 0 Å². The summed E-state index contributed by atoms with van der Waals surface area (Å²) in [7, 11) is 0. The van der Waals surface area contributed by atoms with Gasteiger partial charge in [0.2, 0.25) is 5.91 Å². The molecule has 0 aliphatic carbocycles. The van der Waals surface area contributed by atoms with Crippen molar-refractivity contribution in [3.8, 4) is 0 Å². The first-order chi connectivity index (χ1) is 8.22. The molecule has 1 amide bonds. The minimum absolute atomic E-state index is 0.0691. The van der Waals surface area contributed by atoms with E-state index in [0.717, 1.165) is 35.4 Å². The Morgan fingerprint density at radius 3 is 3.06 bits per heavy atom. The summed E-state index contributed by atoms with van der Waals surface area (Å²) in [6.45, 7) is 2.28. The maximum Gasteiger partial charge on any atom is 0.226 e. The summed E-state index contributed by atoms with van der Waals surface area (Å²) >= 11 is 3.54. The monoisotopic (exact) mass is 297 g/mol. The molecule has 0 aromatic heterocycles. The third kappa shape index (κ3) is 2.79. The highest BCUT2D eigenvalue weighted by atomic mass is 79.9. The predicted molar refractivity (Wildman–Crippen MR) is 73.3 cm³/mol. The molecule has 3 N–H and O–H groups in total. The number of nitrogens with one attached hydrogen (secondary N) is 1. The van der Waals surface area contributed by atoms with Gasteiger partial charge in [-0.25, -0.2) is 0 Å². The number of para-hydroxylation sites is 1. The maximum absolute atomic E-state index is 11.6. The summed E-state index contributed by atoms with van der Waals surface area (Å²) in [5, 5.41) is 2.93. The summed E-state index contributed by atoms with van der Waals surface area (Å²) in [5.41, 5.74) is 7.48. The Morgan fingerprint density at radius 1 is 1.47 bits per heavy atom. The normalized spacial score (nSPS) is 15.2. The third-order valence-electron chi connectivity index (χ3n) is 2.82. The van der Waals surface area contributed by atoms with Gasteiger partial charge in [0, 0.05) is 24.0 Å². The highest BCUT2D eigenvalue weighted by molar-refractivity contribution is 9.10. The number of nitrogens with two attached hydrogens (primary N) is 1. The minimum atomic E-state index is 0.0691. The van der Waals surface area contributed by atoms with Gasteiger partial charge in [-0.3, -0.25) is 4.79 Å². The zero-order chi connectivity index (χ0) is 12.3. The van der Waals surface area contributed by atoms with Crippen LogP contribution in [0.5, 0.6) is 0 Å². The van der Waals surface area contributed by atoms with Gasteiger partial charge in [0.05, 0.1) is 11.4 Å². The van der Waals surface area contributed by atoms with Crippen LogP contribution in [0, 0.1) is 0 Å². The number of rotatable bonds is 3. The molecule has 0 radical (unpaired) electrons. The fraction of sp³-hybridized carbons (Fsp3) is 0.417. The third-order valence-corrected chi connectivity index (χ3v) is 3.46. The Bertz CT molecular complexity index is 422. The maximum atomic E-state index is 11.6. The van der Waals surface area contributed by atoms with Crippen LogP contribution in [0.15, 0.2) is 22.7 Å². The molecule has 0 fully saturated rings. The van der Waals surface area contributed by atoms with E-state index < -0.39 is 0 Å². The standard InChI is InChI=1S/C12H16BrN3O/c13-9-3-1-4-10-12(9)16(7-2-6-14)8-5-11(17)15-10/h1,3-4H,2,5-8,14H2,(H,15,17). The SMILES string of the molecule is NCCCN1CCC(=O)Nc2cccc(Br)c21. The molecule has 1 aromatic carbocycles. The number of nitrogens with zero attached hydrogens (tertiary/aromatic N) is 1. The van der Waals surface area contributed by atoms with Crippen LogP contribution in [0.4, 0.5) is 11.4 Å². The number of fused-ring (bicyclic) bond motifs is 1. The quantitative estimate of drug-likeness (QED) is 0.896. The van der Waals surface area contributed by atoms with Gasteiger partial charge in [-0.15, -0.1) is 0 Å². The van der Waals surface area contributed by atoms with Crippen molar-refractivity contribution < 1.29 is 4.79 Å². The first-order valence-electron chi connectivity index (χ1n) is 5.75. The second kappa shape index (κ2) is 5.51. The van der Waals surface area contributed by atoms with Crippen molar-refractivity contribution in [1.82, 2.24) is 0 Å². The van der Waals surface area contributed by atoms with Crippen molar-refractivity contribution in [2.75, 3.05) is 29.9 Å². The summed E-state index contributed by atoms with van der Waals surface area (Å²) in [6.07, 6.45) is 1.45. The summed E-state index contributed by atoms with van der Waals surface area (Å²) in [5.74, 6) is 0.0691. The first kappa shape index (κ1) is 12.4. The van der Waals surface area contributed by atoms with Crippen LogP contribution >= 0.6 is 15.9 Å². The van der Waals surface area contributed by atoms with E-state index in [4.69, 9.17) is 5.73 Å². The largest absolute Gasteiger partial charge is 0.368 e. The minimum Gasteiger partial charge on any atom is -0.368 e. The van der Waals surface area contributed by atoms with Crippen molar-refractivity contribution in [2.45, 2.75) is 12.8 Å². The topological polar surface area (TPSA) is 58.4 Å². The zero-order valence-corrected chi connectivity index (χ0v) is 11.2. The molecular weight excluding hydrogens is 282 g/mol. The van der Waals surface area contributed by atoms with Crippen molar-refractivity contribution in [2.24, 2.45) is 5.73 Å². The lowest BCUT2D eigenvalue weighted by molar-refractivity contribution is -0.115. The molecule has 0 bridgehead atoms. The number of halogens is 1. The molecule has 1 heterocycles. The Balaban J connectivity index is 2.34. The van der Waals surface area contributed by atoms with E-state index in [1.807, 2.05) is 18.2 Å². The second-order valence-corrected chi connectivity index (χ2v) is 4.92. The predicted octanol–water partition coefficient (Wildman–Crippen LogP) is 1.95. The van der Waals surface area contributed by atoms with Crippen LogP contribution in [0.3, 0.4) is 0 Å². The van der Waals surface area contributed by atoms with Gasteiger partial charge in [0.25, 0.3) is 0 Å². The first-order valence-corrected chi connectivity index (χ1v) is 6.55. The summed E-state index contributed by atoms with van der Waals surface area (Å²) < 4.78 is 1.01. The lowest BCUT2D eigenvalue weighted by Crippen LogP contribution is -2.27. The van der Waals surface area contributed by atoms with Gasteiger partial charge in [-0.05, 0) is 41.0 Å². The highest BCUT2D eigenvalue weighted by Gasteiger charge is 2.20. The second-order valence-electron chi connectivity index (χ2n) is 4.06. The Morgan fingerprint density at radius 2 is 2.29 bits per heavy atom. The van der Waals surface area contributed by atoms with Crippen LogP contribution in [-0.4, -0.2) is 25.5 Å². The molecule has 1 aliphatic heterocycles. The van der Waals surface area contributed by atoms with Crippen LogP contribution < -0.4 is 16.0 Å². The molecule has 0 saturated heterocycles. The molecule has 0 unspecified atom stereocenters. The number of hydrogen-bond donors (Lipinski definition) is 2. The molecule has 0 atom stereocenters. The van der Waals surface area contributed by atoms with Crippen LogP contribution in [0.25, 0.3) is 0 Å². The average molecular weight is 298 g/mol. The molecular formula is C12H16BrN3O. The van der Waals surface area contributed by atoms with Crippen LogP contribution in [-0.2, 0) is 4.79 Å². The van der Waals surface area contributed by atoms with E-state index in [1.165, 1.54) is 0 Å². The molecule has 0 saturated carbocycles. The van der Waals surface area contributed by atoms with Crippen molar-refractivity contribution in [1.29, 1.82) is 0 Å². The van der Waals surface area contributed by atoms with Gasteiger partial charge in [-0.1, -0.05) is 6.07 Å². The summed E-state index contributed by atoms with van der Waals surface area (Å²) in [4.78, 5) is 13.8. The van der Waals surface area contributed by atoms with Gasteiger partial charge in [-0.2, -0.15) is 0 Å². The van der Waals surface area contributed by atoms with Gasteiger partial charge in [0.1, 0.15) is 0 Å². The molecule has 1 aliphatic rings. The van der Waals surface area contributed by atoms with Gasteiger partial charge >= 0.3 is 0 Å². The van der Waals surface area contributed by atoms with Gasteiger partial charge in [0.15, 0.2) is 0 Å². The van der Waals surface area contributed by atoms with Crippen molar-refractivity contribution >= 4 is 33.2 Å². The Labute approximate surface area is 109 Å².